The molecule has 1 aromatic carbocycles. The number of ether oxygens (including phenoxy) is 2. The molecule has 4 rings (SSSR count). The van der Waals surface area contributed by atoms with Crippen LogP contribution in [0, 0.1) is 10.1 Å². The lowest BCUT2D eigenvalue weighted by Crippen LogP contribution is -2.39. The average molecular weight is 501 g/mol. The Labute approximate surface area is 207 Å². The maximum atomic E-state index is 13.1. The third kappa shape index (κ3) is 5.57. The monoisotopic (exact) mass is 500 g/mol. The number of nitro groups is 1. The minimum Gasteiger partial charge on any atom is -0.459 e. The summed E-state index contributed by atoms with van der Waals surface area (Å²) in [4.78, 5) is 43.1. The van der Waals surface area contributed by atoms with Crippen molar-refractivity contribution in [2.24, 2.45) is 4.99 Å². The highest BCUT2D eigenvalue weighted by atomic mass is 32.2. The van der Waals surface area contributed by atoms with Crippen LogP contribution in [0.25, 0.3) is 0 Å². The number of nitrogens with one attached hydrogen (secondary N) is 1. The van der Waals surface area contributed by atoms with E-state index in [-0.39, 0.29) is 30.2 Å². The summed E-state index contributed by atoms with van der Waals surface area (Å²) in [5, 5.41) is 16.6. The number of hydrogen-bond donors (Lipinski definition) is 1. The highest BCUT2D eigenvalue weighted by Gasteiger charge is 2.41. The summed E-state index contributed by atoms with van der Waals surface area (Å²) in [5.41, 5.74) is 2.14. The number of benzene rings is 1. The van der Waals surface area contributed by atoms with Crippen molar-refractivity contribution in [3.63, 3.8) is 0 Å². The zero-order valence-electron chi connectivity index (χ0n) is 19.9. The van der Waals surface area contributed by atoms with Crippen molar-refractivity contribution in [2.75, 3.05) is 13.2 Å². The first-order valence-corrected chi connectivity index (χ1v) is 12.4. The first kappa shape index (κ1) is 24.9. The summed E-state index contributed by atoms with van der Waals surface area (Å²) >= 11 is 1.37. The molecule has 1 saturated heterocycles. The number of allylic oxidation sites excluding steroid dienone is 1. The molecule has 1 aromatic rings. The van der Waals surface area contributed by atoms with Gasteiger partial charge in [0.15, 0.2) is 5.17 Å². The molecule has 10 nitrogen and oxygen atoms in total. The van der Waals surface area contributed by atoms with Crippen molar-refractivity contribution in [1.82, 2.24) is 10.2 Å². The van der Waals surface area contributed by atoms with Gasteiger partial charge in [0.1, 0.15) is 0 Å². The van der Waals surface area contributed by atoms with Crippen LogP contribution in [0.15, 0.2) is 51.6 Å². The lowest BCUT2D eigenvalue weighted by Gasteiger charge is -2.36. The second kappa shape index (κ2) is 10.6. The van der Waals surface area contributed by atoms with Gasteiger partial charge < -0.3 is 19.7 Å². The number of amidine groups is 1. The first-order valence-electron chi connectivity index (χ1n) is 11.5. The van der Waals surface area contributed by atoms with Crippen LogP contribution in [0.4, 0.5) is 5.69 Å². The van der Waals surface area contributed by atoms with Crippen molar-refractivity contribution < 1.29 is 24.0 Å². The van der Waals surface area contributed by atoms with Gasteiger partial charge >= 0.3 is 5.97 Å². The van der Waals surface area contributed by atoms with E-state index in [0.29, 0.717) is 40.8 Å². The lowest BCUT2D eigenvalue weighted by molar-refractivity contribution is -0.384. The number of carbonyl (C=O) groups excluding carboxylic acids is 2. The first-order chi connectivity index (χ1) is 16.7. The van der Waals surface area contributed by atoms with E-state index >= 15 is 0 Å². The highest BCUT2D eigenvalue weighted by molar-refractivity contribution is 8.16. The smallest absolute Gasteiger partial charge is 0.338 e. The number of nitrogens with zero attached hydrogens (tertiary/aromatic N) is 3. The van der Waals surface area contributed by atoms with Gasteiger partial charge in [0.05, 0.1) is 40.9 Å². The molecule has 186 valence electrons. The number of amides is 1. The Kier molecular flexibility index (Phi) is 7.56. The molecule has 0 spiro atoms. The van der Waals surface area contributed by atoms with E-state index in [2.05, 4.69) is 10.3 Å². The normalized spacial score (nSPS) is 21.5. The molecule has 3 aliphatic heterocycles. The van der Waals surface area contributed by atoms with Crippen LogP contribution in [0.2, 0.25) is 0 Å². The lowest BCUT2D eigenvalue weighted by atomic mass is 9.93. The van der Waals surface area contributed by atoms with E-state index in [1.54, 1.807) is 32.9 Å². The van der Waals surface area contributed by atoms with E-state index < -0.39 is 16.9 Å². The van der Waals surface area contributed by atoms with Crippen LogP contribution in [0.5, 0.6) is 0 Å². The molecule has 35 heavy (non-hydrogen) atoms. The molecule has 0 radical (unpaired) electrons. The van der Waals surface area contributed by atoms with E-state index in [9.17, 15) is 19.7 Å². The number of aliphatic imine (C=N–C) groups is 1. The summed E-state index contributed by atoms with van der Waals surface area (Å²) < 4.78 is 11.1. The van der Waals surface area contributed by atoms with Gasteiger partial charge in [-0.3, -0.25) is 14.9 Å². The number of esters is 1. The Hall–Kier alpha value is -3.18. The number of nitro benzene ring substituents is 1. The number of fused-ring (bicyclic) bond motifs is 1. The average Bonchev–Trinajstić information content (AvgIpc) is 3.46. The Balaban J connectivity index is 1.63. The number of carbonyl (C=O) groups is 2. The molecule has 1 fully saturated rings. The predicted molar refractivity (Wildman–Crippen MR) is 131 cm³/mol. The van der Waals surface area contributed by atoms with Gasteiger partial charge in [0.25, 0.3) is 5.69 Å². The topological polar surface area (TPSA) is 123 Å². The molecule has 1 amide bonds. The molecular weight excluding hydrogens is 472 g/mol. The third-order valence-electron chi connectivity index (χ3n) is 5.88. The molecule has 0 bridgehead atoms. The third-order valence-corrected chi connectivity index (χ3v) is 6.76. The van der Waals surface area contributed by atoms with Crippen molar-refractivity contribution in [1.29, 1.82) is 0 Å². The fourth-order valence-corrected chi connectivity index (χ4v) is 5.23. The van der Waals surface area contributed by atoms with Crippen LogP contribution < -0.4 is 5.32 Å². The van der Waals surface area contributed by atoms with Crippen molar-refractivity contribution in [3.8, 4) is 0 Å². The summed E-state index contributed by atoms with van der Waals surface area (Å²) in [6.45, 7) is 6.44. The number of non-ortho nitro benzene ring substituents is 1. The molecule has 0 aromatic heterocycles. The molecule has 2 atom stereocenters. The van der Waals surface area contributed by atoms with Gasteiger partial charge in [-0.25, -0.2) is 9.79 Å². The molecule has 3 heterocycles. The van der Waals surface area contributed by atoms with Gasteiger partial charge in [0, 0.05) is 31.0 Å². The summed E-state index contributed by atoms with van der Waals surface area (Å²) in [7, 11) is 0. The zero-order chi connectivity index (χ0) is 25.1. The number of rotatable bonds is 8. The Morgan fingerprint density at radius 1 is 1.34 bits per heavy atom. The molecule has 3 aliphatic rings. The maximum Gasteiger partial charge on any atom is 0.338 e. The number of thioether (sulfide) groups is 1. The second-order valence-corrected chi connectivity index (χ2v) is 9.65. The van der Waals surface area contributed by atoms with Gasteiger partial charge in [-0.05, 0) is 56.7 Å². The summed E-state index contributed by atoms with van der Waals surface area (Å²) in [6, 6.07) is 5.42. The minimum atomic E-state index is -0.637. The molecule has 0 saturated carbocycles. The van der Waals surface area contributed by atoms with E-state index in [4.69, 9.17) is 9.47 Å². The zero-order valence-corrected chi connectivity index (χ0v) is 20.7. The predicted octanol–water partition coefficient (Wildman–Crippen LogP) is 3.81. The van der Waals surface area contributed by atoms with Crippen LogP contribution >= 0.6 is 11.8 Å². The molecule has 0 unspecified atom stereocenters. The van der Waals surface area contributed by atoms with Crippen LogP contribution in [0.3, 0.4) is 0 Å². The fraction of sp³-hybridized carbons (Fsp3) is 0.458. The Bertz CT molecular complexity index is 1110. The van der Waals surface area contributed by atoms with E-state index in [1.807, 2.05) is 10.3 Å². The molecular formula is C24H28N4O6S. The summed E-state index contributed by atoms with van der Waals surface area (Å²) in [6.07, 6.45) is 1.71. The van der Waals surface area contributed by atoms with Crippen LogP contribution in [-0.4, -0.2) is 52.2 Å². The van der Waals surface area contributed by atoms with Gasteiger partial charge in [-0.1, -0.05) is 11.8 Å². The van der Waals surface area contributed by atoms with Gasteiger partial charge in [-0.15, -0.1) is 0 Å². The SMILES string of the molecule is CC1=C(C(=O)OC(C)C)[C@H](c2ccc([N+](=O)[O-])cc2)N2C(CC(=O)NC[C@H]3CCCO3)=CSC2=N1. The second-order valence-electron chi connectivity index (χ2n) is 8.81. The van der Waals surface area contributed by atoms with E-state index in [0.717, 1.165) is 12.8 Å². The van der Waals surface area contributed by atoms with Crippen molar-refractivity contribution in [2.45, 2.75) is 58.3 Å². The minimum absolute atomic E-state index is 0.0360. The van der Waals surface area contributed by atoms with Crippen LogP contribution in [-0.2, 0) is 19.1 Å². The molecule has 1 N–H and O–H groups in total. The van der Waals surface area contributed by atoms with Gasteiger partial charge in [0.2, 0.25) is 5.91 Å². The fourth-order valence-electron chi connectivity index (χ4n) is 4.26. The largest absolute Gasteiger partial charge is 0.459 e. The summed E-state index contributed by atoms with van der Waals surface area (Å²) in [5.74, 6) is -0.670. The highest BCUT2D eigenvalue weighted by Crippen LogP contribution is 2.45. The van der Waals surface area contributed by atoms with E-state index in [1.165, 1.54) is 23.9 Å². The maximum absolute atomic E-state index is 13.1. The van der Waals surface area contributed by atoms with Gasteiger partial charge in [-0.2, -0.15) is 0 Å². The molecule has 0 aliphatic carbocycles. The quantitative estimate of drug-likeness (QED) is 0.325. The Morgan fingerprint density at radius 3 is 2.71 bits per heavy atom. The molecule has 11 heteroatoms. The number of hydrogen-bond acceptors (Lipinski definition) is 9. The van der Waals surface area contributed by atoms with Crippen LogP contribution in [0.1, 0.15) is 51.6 Å². The Morgan fingerprint density at radius 2 is 2.09 bits per heavy atom. The van der Waals surface area contributed by atoms with Crippen molar-refractivity contribution in [3.05, 3.63) is 62.3 Å². The van der Waals surface area contributed by atoms with Crippen molar-refractivity contribution >= 4 is 34.5 Å². The standard InChI is InChI=1S/C24H28N4O6S/c1-14(2)34-23(30)21-15(3)26-24-27(22(21)16-6-8-17(9-7-16)28(31)32)18(13-35-24)11-20(29)25-12-19-5-4-10-33-19/h6-9,13-14,19,22H,4-5,10-12H2,1-3H3,(H,25,29)/t19-,22+/m1/s1.